The van der Waals surface area contributed by atoms with E-state index >= 15 is 0 Å². The third-order valence-corrected chi connectivity index (χ3v) is 2.53. The largest absolute Gasteiger partial charge is 0.378 e. The Morgan fingerprint density at radius 1 is 1.36 bits per heavy atom. The summed E-state index contributed by atoms with van der Waals surface area (Å²) in [7, 11) is 0. The second-order valence-electron chi connectivity index (χ2n) is 3.91. The van der Waals surface area contributed by atoms with Crippen LogP contribution in [0.3, 0.4) is 0 Å². The molecular formula is C10H17N3O. The van der Waals surface area contributed by atoms with Gasteiger partial charge < -0.3 is 4.74 Å². The van der Waals surface area contributed by atoms with Gasteiger partial charge in [0.2, 0.25) is 0 Å². The minimum Gasteiger partial charge on any atom is -0.378 e. The molecule has 2 heterocycles. The summed E-state index contributed by atoms with van der Waals surface area (Å²) in [5.74, 6) is 0.546. The third kappa shape index (κ3) is 1.90. The summed E-state index contributed by atoms with van der Waals surface area (Å²) in [5, 5.41) is 6.55. The normalized spacial score (nSPS) is 17.8. The van der Waals surface area contributed by atoms with E-state index in [1.807, 2.05) is 11.0 Å². The van der Waals surface area contributed by atoms with Gasteiger partial charge in [-0.1, -0.05) is 13.8 Å². The molecule has 4 heteroatoms. The first-order valence-corrected chi connectivity index (χ1v) is 5.15. The Morgan fingerprint density at radius 3 is 2.64 bits per heavy atom. The van der Waals surface area contributed by atoms with Crippen LogP contribution in [0, 0.1) is 0 Å². The quantitative estimate of drug-likeness (QED) is 0.704. The number of morpholine rings is 1. The van der Waals surface area contributed by atoms with Crippen molar-refractivity contribution in [3.05, 3.63) is 18.0 Å². The minimum atomic E-state index is 0.546. The fourth-order valence-corrected chi connectivity index (χ4v) is 1.54. The first-order valence-electron chi connectivity index (χ1n) is 5.15. The van der Waals surface area contributed by atoms with Gasteiger partial charge in [0.05, 0.1) is 38.7 Å². The molecule has 2 rings (SSSR count). The van der Waals surface area contributed by atoms with Crippen molar-refractivity contribution in [2.75, 3.05) is 31.3 Å². The van der Waals surface area contributed by atoms with Crippen LogP contribution in [0.2, 0.25) is 0 Å². The lowest BCUT2D eigenvalue weighted by molar-refractivity contribution is 0.109. The zero-order chi connectivity index (χ0) is 9.97. The summed E-state index contributed by atoms with van der Waals surface area (Å²) in [5.41, 5.74) is 1.29. The molecule has 0 bridgehead atoms. The molecule has 0 atom stereocenters. The molecule has 0 aliphatic carbocycles. The number of nitrogens with zero attached hydrogens (tertiary/aromatic N) is 3. The lowest BCUT2D eigenvalue weighted by atomic mass is 10.1. The van der Waals surface area contributed by atoms with Crippen LogP contribution in [-0.2, 0) is 4.74 Å². The maximum absolute atomic E-state index is 5.29. The van der Waals surface area contributed by atoms with Crippen molar-refractivity contribution in [1.82, 2.24) is 9.89 Å². The van der Waals surface area contributed by atoms with Crippen LogP contribution in [0.1, 0.15) is 25.3 Å². The molecule has 1 aliphatic heterocycles. The fraction of sp³-hybridized carbons (Fsp3) is 0.700. The first-order chi connectivity index (χ1) is 6.77. The standard InChI is InChI=1S/C10H17N3O/c1-9(2)10-7-11-13(8-10)12-3-5-14-6-4-12/h7-9H,3-6H2,1-2H3. The maximum Gasteiger partial charge on any atom is 0.0659 e. The number of hydrogen-bond donors (Lipinski definition) is 0. The Labute approximate surface area is 84.4 Å². The van der Waals surface area contributed by atoms with E-state index in [1.54, 1.807) is 0 Å². The van der Waals surface area contributed by atoms with Crippen molar-refractivity contribution >= 4 is 0 Å². The smallest absolute Gasteiger partial charge is 0.0659 e. The van der Waals surface area contributed by atoms with E-state index in [9.17, 15) is 0 Å². The van der Waals surface area contributed by atoms with Crippen LogP contribution in [0.4, 0.5) is 0 Å². The van der Waals surface area contributed by atoms with Crippen molar-refractivity contribution < 1.29 is 4.74 Å². The molecule has 0 amide bonds. The van der Waals surface area contributed by atoms with Crippen molar-refractivity contribution in [2.24, 2.45) is 0 Å². The summed E-state index contributed by atoms with van der Waals surface area (Å²) in [6.45, 7) is 7.83. The third-order valence-electron chi connectivity index (χ3n) is 2.53. The fourth-order valence-electron chi connectivity index (χ4n) is 1.54. The highest BCUT2D eigenvalue weighted by Crippen LogP contribution is 2.12. The maximum atomic E-state index is 5.29. The molecule has 0 spiro atoms. The minimum absolute atomic E-state index is 0.546. The molecule has 1 fully saturated rings. The predicted molar refractivity (Wildman–Crippen MR) is 55.1 cm³/mol. The zero-order valence-electron chi connectivity index (χ0n) is 8.81. The zero-order valence-corrected chi connectivity index (χ0v) is 8.81. The molecule has 0 aromatic carbocycles. The van der Waals surface area contributed by atoms with Gasteiger partial charge in [0.1, 0.15) is 0 Å². The lowest BCUT2D eigenvalue weighted by Crippen LogP contribution is -2.44. The topological polar surface area (TPSA) is 30.3 Å². The Morgan fingerprint density at radius 2 is 2.07 bits per heavy atom. The van der Waals surface area contributed by atoms with E-state index < -0.39 is 0 Å². The molecule has 0 radical (unpaired) electrons. The summed E-state index contributed by atoms with van der Waals surface area (Å²) >= 11 is 0. The molecular weight excluding hydrogens is 178 g/mol. The van der Waals surface area contributed by atoms with E-state index in [1.165, 1.54) is 5.56 Å². The highest BCUT2D eigenvalue weighted by atomic mass is 16.5. The molecule has 0 N–H and O–H groups in total. The van der Waals surface area contributed by atoms with Gasteiger partial charge >= 0.3 is 0 Å². The van der Waals surface area contributed by atoms with E-state index in [-0.39, 0.29) is 0 Å². The summed E-state index contributed by atoms with van der Waals surface area (Å²) in [6, 6.07) is 0. The molecule has 4 nitrogen and oxygen atoms in total. The second-order valence-corrected chi connectivity index (χ2v) is 3.91. The lowest BCUT2D eigenvalue weighted by Gasteiger charge is -2.28. The Bertz CT molecular complexity index is 289. The molecule has 1 saturated heterocycles. The predicted octanol–water partition coefficient (Wildman–Crippen LogP) is 0.975. The Kier molecular flexibility index (Phi) is 2.72. The number of ether oxygens (including phenoxy) is 1. The van der Waals surface area contributed by atoms with Gasteiger partial charge in [0.25, 0.3) is 0 Å². The average Bonchev–Trinajstić information content (AvgIpc) is 2.68. The molecule has 1 aromatic heterocycles. The SMILES string of the molecule is CC(C)c1cnn(N2CCOCC2)c1. The van der Waals surface area contributed by atoms with Gasteiger partial charge in [0.15, 0.2) is 0 Å². The number of rotatable bonds is 2. The van der Waals surface area contributed by atoms with E-state index in [0.717, 1.165) is 26.3 Å². The summed E-state index contributed by atoms with van der Waals surface area (Å²) in [4.78, 5) is 1.94. The highest BCUT2D eigenvalue weighted by Gasteiger charge is 2.12. The molecule has 1 aliphatic rings. The van der Waals surface area contributed by atoms with E-state index in [0.29, 0.717) is 5.92 Å². The van der Waals surface area contributed by atoms with Crippen molar-refractivity contribution in [2.45, 2.75) is 19.8 Å². The van der Waals surface area contributed by atoms with Gasteiger partial charge in [-0.15, -0.1) is 0 Å². The molecule has 1 aromatic rings. The monoisotopic (exact) mass is 195 g/mol. The van der Waals surface area contributed by atoms with Crippen LogP contribution < -0.4 is 5.01 Å². The average molecular weight is 195 g/mol. The van der Waals surface area contributed by atoms with Crippen LogP contribution in [0.15, 0.2) is 12.4 Å². The molecule has 14 heavy (non-hydrogen) atoms. The number of hydrogen-bond acceptors (Lipinski definition) is 3. The van der Waals surface area contributed by atoms with Gasteiger partial charge in [-0.05, 0) is 11.5 Å². The molecule has 0 unspecified atom stereocenters. The van der Waals surface area contributed by atoms with Gasteiger partial charge in [0, 0.05) is 0 Å². The van der Waals surface area contributed by atoms with Crippen LogP contribution in [0.5, 0.6) is 0 Å². The van der Waals surface area contributed by atoms with Gasteiger partial charge in [-0.3, -0.25) is 5.01 Å². The summed E-state index contributed by atoms with van der Waals surface area (Å²) in [6.07, 6.45) is 4.05. The van der Waals surface area contributed by atoms with Crippen LogP contribution in [-0.4, -0.2) is 36.2 Å². The van der Waals surface area contributed by atoms with Crippen molar-refractivity contribution in [1.29, 1.82) is 0 Å². The molecule has 0 saturated carbocycles. The van der Waals surface area contributed by atoms with Crippen molar-refractivity contribution in [3.63, 3.8) is 0 Å². The Balaban J connectivity index is 2.07. The number of aromatic nitrogens is 2. The van der Waals surface area contributed by atoms with Crippen molar-refractivity contribution in [3.8, 4) is 0 Å². The van der Waals surface area contributed by atoms with Crippen LogP contribution >= 0.6 is 0 Å². The van der Waals surface area contributed by atoms with Crippen LogP contribution in [0.25, 0.3) is 0 Å². The van der Waals surface area contributed by atoms with Gasteiger partial charge in [-0.25, -0.2) is 0 Å². The first kappa shape index (κ1) is 9.52. The second kappa shape index (κ2) is 4.00. The summed E-state index contributed by atoms with van der Waals surface area (Å²) < 4.78 is 5.29. The highest BCUT2D eigenvalue weighted by molar-refractivity contribution is 5.10. The Hall–Kier alpha value is -1.03. The van der Waals surface area contributed by atoms with E-state index in [4.69, 9.17) is 4.74 Å². The van der Waals surface area contributed by atoms with Gasteiger partial charge in [-0.2, -0.15) is 9.89 Å². The van der Waals surface area contributed by atoms with E-state index in [2.05, 4.69) is 30.2 Å². The molecule has 78 valence electrons.